The molecule has 3 rings (SSSR count). The smallest absolute Gasteiger partial charge is 0.244 e. The van der Waals surface area contributed by atoms with Gasteiger partial charge in [-0.25, -0.2) is 4.39 Å². The molecular formula is C33H40FN3O3. The molecule has 0 aliphatic heterocycles. The Balaban J connectivity index is 2.08. The third kappa shape index (κ3) is 7.68. The van der Waals surface area contributed by atoms with Crippen LogP contribution in [0, 0.1) is 29.5 Å². The van der Waals surface area contributed by atoms with E-state index < -0.39 is 23.3 Å². The number of nitrogens with zero attached hydrogens (tertiary/aromatic N) is 1. The van der Waals surface area contributed by atoms with E-state index in [1.165, 1.54) is 12.1 Å². The van der Waals surface area contributed by atoms with E-state index in [-0.39, 0.29) is 30.3 Å². The Morgan fingerprint density at radius 2 is 1.80 bits per heavy atom. The number of nitrogens with one attached hydrogen (secondary N) is 1. The van der Waals surface area contributed by atoms with Crippen LogP contribution in [0.25, 0.3) is 0 Å². The molecule has 0 saturated carbocycles. The molecule has 1 aliphatic carbocycles. The fourth-order valence-electron chi connectivity index (χ4n) is 5.53. The molecule has 0 spiro atoms. The first-order valence-corrected chi connectivity index (χ1v) is 13.9. The lowest BCUT2D eigenvalue weighted by Crippen LogP contribution is -2.54. The zero-order chi connectivity index (χ0) is 29.1. The third-order valence-electron chi connectivity index (χ3n) is 7.38. The monoisotopic (exact) mass is 545 g/mol. The number of halogens is 1. The quantitative estimate of drug-likeness (QED) is 0.311. The van der Waals surface area contributed by atoms with Crippen LogP contribution in [0.4, 0.5) is 4.39 Å². The molecule has 2 amide bonds. The number of carbonyl (C=O) groups excluding carboxylic acids is 2. The van der Waals surface area contributed by atoms with Gasteiger partial charge in [-0.1, -0.05) is 68.3 Å². The van der Waals surface area contributed by atoms with Gasteiger partial charge >= 0.3 is 0 Å². The van der Waals surface area contributed by atoms with Crippen molar-refractivity contribution in [2.75, 3.05) is 19.6 Å². The Kier molecular flexibility index (Phi) is 11.2. The second kappa shape index (κ2) is 14.6. The normalized spacial score (nSPS) is 18.2. The summed E-state index contributed by atoms with van der Waals surface area (Å²) in [6, 6.07) is 15.9. The zero-order valence-electron chi connectivity index (χ0n) is 23.4. The van der Waals surface area contributed by atoms with Crippen LogP contribution in [0.15, 0.2) is 77.9 Å². The van der Waals surface area contributed by atoms with Crippen molar-refractivity contribution in [3.05, 3.63) is 94.8 Å². The van der Waals surface area contributed by atoms with Crippen LogP contribution in [0.1, 0.15) is 44.2 Å². The van der Waals surface area contributed by atoms with Crippen LogP contribution in [0.2, 0.25) is 0 Å². The van der Waals surface area contributed by atoms with Gasteiger partial charge in [0, 0.05) is 43.2 Å². The van der Waals surface area contributed by atoms with Crippen LogP contribution >= 0.6 is 0 Å². The number of primary amides is 1. The molecule has 7 heteroatoms. The van der Waals surface area contributed by atoms with Crippen LogP contribution < -0.4 is 11.1 Å². The fourth-order valence-corrected chi connectivity index (χ4v) is 5.53. The maximum Gasteiger partial charge on any atom is 0.244 e. The molecule has 0 heterocycles. The Labute approximate surface area is 237 Å². The summed E-state index contributed by atoms with van der Waals surface area (Å²) in [6.45, 7) is 5.56. The highest BCUT2D eigenvalue weighted by atomic mass is 19.1. The Morgan fingerprint density at radius 3 is 2.40 bits per heavy atom. The minimum Gasteiger partial charge on any atom is -0.391 e. The van der Waals surface area contributed by atoms with E-state index in [1.807, 2.05) is 44.2 Å². The Morgan fingerprint density at radius 1 is 1.12 bits per heavy atom. The highest BCUT2D eigenvalue weighted by Gasteiger charge is 2.50. The largest absolute Gasteiger partial charge is 0.391 e. The van der Waals surface area contributed by atoms with E-state index in [9.17, 15) is 19.1 Å². The first-order chi connectivity index (χ1) is 19.2. The number of amides is 2. The van der Waals surface area contributed by atoms with Crippen molar-refractivity contribution in [1.29, 1.82) is 0 Å². The van der Waals surface area contributed by atoms with Gasteiger partial charge in [0.2, 0.25) is 11.8 Å². The second-order valence-corrected chi connectivity index (χ2v) is 10.4. The van der Waals surface area contributed by atoms with E-state index in [4.69, 9.17) is 12.2 Å². The number of rotatable bonds is 14. The predicted molar refractivity (Wildman–Crippen MR) is 156 cm³/mol. The maximum atomic E-state index is 14.6. The van der Waals surface area contributed by atoms with E-state index >= 15 is 0 Å². The molecule has 0 fully saturated rings. The number of hydrogen-bond donors (Lipinski definition) is 3. The van der Waals surface area contributed by atoms with Crippen molar-refractivity contribution in [3.63, 3.8) is 0 Å². The number of allylic oxidation sites excluding steroid dienone is 2. The van der Waals surface area contributed by atoms with Crippen molar-refractivity contribution < 1.29 is 19.1 Å². The van der Waals surface area contributed by atoms with Crippen LogP contribution in [0.3, 0.4) is 0 Å². The molecule has 0 bridgehead atoms. The minimum atomic E-state index is -1.30. The summed E-state index contributed by atoms with van der Waals surface area (Å²) in [5.41, 5.74) is 6.77. The summed E-state index contributed by atoms with van der Waals surface area (Å²) in [5, 5.41) is 15.0. The van der Waals surface area contributed by atoms with E-state index in [1.54, 1.807) is 29.2 Å². The predicted octanol–water partition coefficient (Wildman–Crippen LogP) is 4.15. The number of nitrogens with two attached hydrogens (primary N) is 1. The summed E-state index contributed by atoms with van der Waals surface area (Å²) >= 11 is 0. The summed E-state index contributed by atoms with van der Waals surface area (Å²) in [6.07, 6.45) is 10.0. The Hall–Kier alpha value is -3.73. The van der Waals surface area contributed by atoms with Gasteiger partial charge in [0.25, 0.3) is 0 Å². The van der Waals surface area contributed by atoms with Gasteiger partial charge < -0.3 is 21.1 Å². The zero-order valence-corrected chi connectivity index (χ0v) is 23.4. The Bertz CT molecular complexity index is 1260. The van der Waals surface area contributed by atoms with Gasteiger partial charge in [-0.3, -0.25) is 9.59 Å². The molecule has 1 unspecified atom stereocenters. The van der Waals surface area contributed by atoms with Crippen molar-refractivity contribution in [3.8, 4) is 12.3 Å². The molecule has 0 saturated heterocycles. The molecular weight excluding hydrogens is 505 g/mol. The molecule has 2 aromatic carbocycles. The number of aliphatic hydroxyl groups excluding tert-OH is 1. The van der Waals surface area contributed by atoms with Crippen molar-refractivity contribution >= 4 is 11.8 Å². The van der Waals surface area contributed by atoms with Crippen LogP contribution in [-0.4, -0.2) is 47.6 Å². The maximum absolute atomic E-state index is 14.6. The standard InChI is InChI=1S/C33H40FN3O3/c1-4-15-37(16-5-2)32(40)33(20-24(6-3)17-27(21-33)31(35)39)29(19-25-11-8-7-9-12-25)30(38)23-36-22-26-13-10-14-28(34)18-26/h3,7-14,17-18,20,29-30,36,38H,4-5,15-16,19,21-23H2,1-2H3,(H2,35,39)/t29-,30+,33?/m1/s1. The van der Waals surface area contributed by atoms with Gasteiger partial charge in [-0.05, 0) is 55.0 Å². The highest BCUT2D eigenvalue weighted by Crippen LogP contribution is 2.45. The van der Waals surface area contributed by atoms with Gasteiger partial charge in [0.1, 0.15) is 5.82 Å². The minimum absolute atomic E-state index is 0.0364. The molecule has 6 nitrogen and oxygen atoms in total. The summed E-state index contributed by atoms with van der Waals surface area (Å²) in [5.74, 6) is 0.794. The molecule has 1 aliphatic rings. The number of aliphatic hydroxyl groups is 1. The van der Waals surface area contributed by atoms with E-state index in [0.717, 1.165) is 24.0 Å². The summed E-state index contributed by atoms with van der Waals surface area (Å²) < 4.78 is 13.7. The first-order valence-electron chi connectivity index (χ1n) is 13.9. The SMILES string of the molecule is C#CC1=CC(C(=O)N(CCC)CCC)([C@H](Cc2ccccc2)[C@@H](O)CNCc2cccc(F)c2)CC(C(N)=O)=C1. The number of terminal acetylenes is 1. The van der Waals surface area contributed by atoms with Crippen molar-refractivity contribution in [2.45, 2.75) is 52.2 Å². The van der Waals surface area contributed by atoms with Gasteiger partial charge in [-0.2, -0.15) is 0 Å². The molecule has 0 aromatic heterocycles. The van der Waals surface area contributed by atoms with Crippen molar-refractivity contribution in [1.82, 2.24) is 10.2 Å². The lowest BCUT2D eigenvalue weighted by Gasteiger charge is -2.44. The van der Waals surface area contributed by atoms with Gasteiger partial charge in [0.15, 0.2) is 0 Å². The molecule has 0 radical (unpaired) electrons. The highest BCUT2D eigenvalue weighted by molar-refractivity contribution is 5.96. The number of benzene rings is 2. The average Bonchev–Trinajstić information content (AvgIpc) is 2.95. The van der Waals surface area contributed by atoms with Gasteiger partial charge in [-0.15, -0.1) is 6.42 Å². The molecule has 2 aromatic rings. The molecule has 40 heavy (non-hydrogen) atoms. The van der Waals surface area contributed by atoms with Crippen LogP contribution in [0.5, 0.6) is 0 Å². The van der Waals surface area contributed by atoms with E-state index in [0.29, 0.717) is 31.6 Å². The number of hydrogen-bond acceptors (Lipinski definition) is 4. The second-order valence-electron chi connectivity index (χ2n) is 10.4. The summed E-state index contributed by atoms with van der Waals surface area (Å²) in [7, 11) is 0. The topological polar surface area (TPSA) is 95.7 Å². The van der Waals surface area contributed by atoms with E-state index in [2.05, 4.69) is 11.2 Å². The first kappa shape index (κ1) is 30.8. The average molecular weight is 546 g/mol. The van der Waals surface area contributed by atoms with Gasteiger partial charge in [0.05, 0.1) is 11.5 Å². The molecule has 3 atom stereocenters. The third-order valence-corrected chi connectivity index (χ3v) is 7.38. The molecule has 212 valence electrons. The van der Waals surface area contributed by atoms with Crippen molar-refractivity contribution in [2.24, 2.45) is 17.1 Å². The number of carbonyl (C=O) groups is 2. The lowest BCUT2D eigenvalue weighted by atomic mass is 9.63. The molecule has 4 N–H and O–H groups in total. The van der Waals surface area contributed by atoms with Crippen LogP contribution in [-0.2, 0) is 22.6 Å². The lowest BCUT2D eigenvalue weighted by molar-refractivity contribution is -0.145. The fraction of sp³-hybridized carbons (Fsp3) is 0.394. The summed E-state index contributed by atoms with van der Waals surface area (Å²) in [4.78, 5) is 28.8.